The van der Waals surface area contributed by atoms with E-state index < -0.39 is 10.0 Å². The summed E-state index contributed by atoms with van der Waals surface area (Å²) in [5.74, 6) is 1.06. The molecule has 0 aromatic heterocycles. The number of likely N-dealkylation sites (tertiary alicyclic amines) is 1. The number of para-hydroxylation sites is 1. The molecular weight excluding hydrogens is 583 g/mol. The van der Waals surface area contributed by atoms with Crippen molar-refractivity contribution in [3.05, 3.63) is 82.3 Å². The van der Waals surface area contributed by atoms with Gasteiger partial charge in [-0.05, 0) is 80.4 Å². The number of piperazine rings is 1. The number of nitrogens with zero attached hydrogens (tertiary/aromatic N) is 3. The normalized spacial score (nSPS) is 18.7. The van der Waals surface area contributed by atoms with E-state index >= 15 is 0 Å². The zero-order valence-corrected chi connectivity index (χ0v) is 25.3. The van der Waals surface area contributed by atoms with Gasteiger partial charge < -0.3 is 19.4 Å². The van der Waals surface area contributed by atoms with Crippen LogP contribution >= 0.6 is 23.2 Å². The number of hydrogen-bond donors (Lipinski definition) is 1. The summed E-state index contributed by atoms with van der Waals surface area (Å²) >= 11 is 12.4. The average molecular weight is 618 g/mol. The smallest absolute Gasteiger partial charge is 0.261 e. The lowest BCUT2D eigenvalue weighted by Crippen LogP contribution is -2.49. The van der Waals surface area contributed by atoms with Gasteiger partial charge in [0, 0.05) is 50.8 Å². The van der Waals surface area contributed by atoms with Gasteiger partial charge in [0.05, 0.1) is 21.2 Å². The molecule has 0 radical (unpaired) electrons. The Hall–Kier alpha value is -2.82. The van der Waals surface area contributed by atoms with E-state index in [4.69, 9.17) is 27.9 Å². The number of amides is 1. The second-order valence-electron chi connectivity index (χ2n) is 10.7. The summed E-state index contributed by atoms with van der Waals surface area (Å²) in [6.45, 7) is 6.41. The molecule has 2 aliphatic rings. The van der Waals surface area contributed by atoms with Crippen LogP contribution in [0.4, 0.5) is 5.69 Å². The molecule has 1 amide bonds. The van der Waals surface area contributed by atoms with Crippen molar-refractivity contribution in [3.8, 4) is 11.5 Å². The Kier molecular flexibility index (Phi) is 9.41. The van der Waals surface area contributed by atoms with Crippen LogP contribution in [-0.2, 0) is 10.0 Å². The van der Waals surface area contributed by atoms with Crippen LogP contribution in [0.25, 0.3) is 0 Å². The fourth-order valence-electron chi connectivity index (χ4n) is 5.29. The number of anilines is 1. The maximum Gasteiger partial charge on any atom is 0.261 e. The molecule has 3 aromatic rings. The maximum absolute atomic E-state index is 13.7. The van der Waals surface area contributed by atoms with E-state index in [-0.39, 0.29) is 22.1 Å². The van der Waals surface area contributed by atoms with Gasteiger partial charge in [-0.15, -0.1) is 0 Å². The molecule has 41 heavy (non-hydrogen) atoms. The Bertz CT molecular complexity index is 1480. The minimum Gasteiger partial charge on any atom is -0.456 e. The number of hydrogen-bond acceptors (Lipinski definition) is 6. The Morgan fingerprint density at radius 2 is 1.71 bits per heavy atom. The van der Waals surface area contributed by atoms with Gasteiger partial charge in [-0.25, -0.2) is 8.42 Å². The van der Waals surface area contributed by atoms with Crippen molar-refractivity contribution in [2.45, 2.75) is 17.7 Å². The van der Waals surface area contributed by atoms with Crippen molar-refractivity contribution < 1.29 is 17.9 Å². The third-order valence-electron chi connectivity index (χ3n) is 7.57. The lowest BCUT2D eigenvalue weighted by Gasteiger charge is -2.38. The number of sulfonamides is 1. The maximum atomic E-state index is 13.7. The zero-order chi connectivity index (χ0) is 29.0. The molecule has 0 saturated carbocycles. The van der Waals surface area contributed by atoms with Gasteiger partial charge in [0.25, 0.3) is 15.9 Å². The molecule has 1 atom stereocenters. The fraction of sp³-hybridized carbons (Fsp3) is 0.367. The third kappa shape index (κ3) is 7.53. The van der Waals surface area contributed by atoms with Crippen molar-refractivity contribution >= 4 is 44.8 Å². The lowest BCUT2D eigenvalue weighted by molar-refractivity contribution is 0.0610. The minimum absolute atomic E-state index is 0.0302. The summed E-state index contributed by atoms with van der Waals surface area (Å²) in [4.78, 5) is 20.4. The molecule has 3 aromatic carbocycles. The number of carbonyl (C=O) groups excluding carboxylic acids is 1. The molecule has 0 unspecified atom stereocenters. The Morgan fingerprint density at radius 1 is 0.976 bits per heavy atom. The summed E-state index contributed by atoms with van der Waals surface area (Å²) < 4.78 is 35.0. The van der Waals surface area contributed by atoms with Gasteiger partial charge in [-0.2, -0.15) is 0 Å². The molecule has 2 saturated heterocycles. The number of rotatable bonds is 8. The molecule has 218 valence electrons. The predicted octanol–water partition coefficient (Wildman–Crippen LogP) is 5.69. The summed E-state index contributed by atoms with van der Waals surface area (Å²) in [6.07, 6.45) is 1.98. The number of halogens is 2. The van der Waals surface area contributed by atoms with Crippen molar-refractivity contribution in [2.24, 2.45) is 5.92 Å². The zero-order valence-electron chi connectivity index (χ0n) is 22.9. The molecule has 0 spiro atoms. The van der Waals surface area contributed by atoms with E-state index in [2.05, 4.69) is 21.6 Å². The molecule has 2 fully saturated rings. The van der Waals surface area contributed by atoms with Crippen molar-refractivity contribution in [1.82, 2.24) is 14.7 Å². The van der Waals surface area contributed by atoms with E-state index in [9.17, 15) is 13.2 Å². The molecule has 0 bridgehead atoms. The first-order valence-corrected chi connectivity index (χ1v) is 16.0. The predicted molar refractivity (Wildman–Crippen MR) is 163 cm³/mol. The number of carbonyl (C=O) groups is 1. The second-order valence-corrected chi connectivity index (χ2v) is 13.2. The van der Waals surface area contributed by atoms with Crippen LogP contribution in [-0.4, -0.2) is 81.9 Å². The van der Waals surface area contributed by atoms with Crippen LogP contribution in [0.5, 0.6) is 11.5 Å². The van der Waals surface area contributed by atoms with Crippen molar-refractivity contribution in [3.63, 3.8) is 0 Å². The Morgan fingerprint density at radius 3 is 2.44 bits per heavy atom. The summed E-state index contributed by atoms with van der Waals surface area (Å²) in [7, 11) is -1.86. The topological polar surface area (TPSA) is 82.2 Å². The third-order valence-corrected chi connectivity index (χ3v) is 9.50. The largest absolute Gasteiger partial charge is 0.456 e. The summed E-state index contributed by atoms with van der Waals surface area (Å²) in [6, 6.07) is 17.7. The van der Waals surface area contributed by atoms with Gasteiger partial charge in [-0.1, -0.05) is 35.3 Å². The molecule has 11 heteroatoms. The number of piperidine rings is 1. The van der Waals surface area contributed by atoms with Crippen molar-refractivity contribution in [1.29, 1.82) is 0 Å². The molecule has 8 nitrogen and oxygen atoms in total. The first kappa shape index (κ1) is 29.7. The van der Waals surface area contributed by atoms with Crippen molar-refractivity contribution in [2.75, 3.05) is 57.6 Å². The molecular formula is C30H34Cl2N4O4S. The highest BCUT2D eigenvalue weighted by Gasteiger charge is 2.29. The molecule has 2 heterocycles. The summed E-state index contributed by atoms with van der Waals surface area (Å²) in [5.41, 5.74) is 0.428. The van der Waals surface area contributed by atoms with Crippen LogP contribution in [0.2, 0.25) is 10.0 Å². The molecule has 0 aliphatic carbocycles. The molecule has 1 N–H and O–H groups in total. The molecule has 2 aliphatic heterocycles. The van der Waals surface area contributed by atoms with E-state index in [1.54, 1.807) is 42.5 Å². The Labute approximate surface area is 251 Å². The van der Waals surface area contributed by atoms with E-state index in [1.807, 2.05) is 4.90 Å². The average Bonchev–Trinajstić information content (AvgIpc) is 2.96. The SMILES string of the molecule is CN1CCN(C[C@H]2CCCN(C(=O)c3cc(Cl)ccc3NS(=O)(=O)c3ccc(Oc4ccccc4Cl)cc3)C2)CC1. The van der Waals surface area contributed by atoms with Gasteiger partial charge in [0.2, 0.25) is 0 Å². The van der Waals surface area contributed by atoms with Crippen LogP contribution in [0, 0.1) is 5.92 Å². The van der Waals surface area contributed by atoms with E-state index in [1.165, 1.54) is 24.3 Å². The van der Waals surface area contributed by atoms with Gasteiger partial charge in [0.15, 0.2) is 0 Å². The quantitative estimate of drug-likeness (QED) is 0.350. The van der Waals surface area contributed by atoms with Gasteiger partial charge >= 0.3 is 0 Å². The van der Waals surface area contributed by atoms with E-state index in [0.29, 0.717) is 40.6 Å². The molecule has 5 rings (SSSR count). The second kappa shape index (κ2) is 13.0. The van der Waals surface area contributed by atoms with E-state index in [0.717, 1.165) is 45.6 Å². The standard InChI is InChI=1S/C30H34Cl2N4O4S/c1-34-15-17-35(18-16-34)20-22-5-4-14-36(21-22)30(37)26-19-23(31)8-13-28(26)33-41(38,39)25-11-9-24(10-12-25)40-29-7-3-2-6-27(29)32/h2-3,6-13,19,22,33H,4-5,14-18,20-21H2,1H3/t22-/m1/s1. The monoisotopic (exact) mass is 616 g/mol. The first-order valence-electron chi connectivity index (χ1n) is 13.7. The number of benzene rings is 3. The Balaban J connectivity index is 1.28. The van der Waals surface area contributed by atoms with Gasteiger partial charge in [-0.3, -0.25) is 9.52 Å². The minimum atomic E-state index is -4.00. The van der Waals surface area contributed by atoms with Crippen LogP contribution in [0.3, 0.4) is 0 Å². The van der Waals surface area contributed by atoms with Crippen LogP contribution in [0.15, 0.2) is 71.6 Å². The number of likely N-dealkylation sites (N-methyl/N-ethyl adjacent to an activating group) is 1. The summed E-state index contributed by atoms with van der Waals surface area (Å²) in [5, 5.41) is 0.813. The highest BCUT2D eigenvalue weighted by atomic mass is 35.5. The van der Waals surface area contributed by atoms with Gasteiger partial charge in [0.1, 0.15) is 11.5 Å². The lowest BCUT2D eigenvalue weighted by atomic mass is 9.96. The highest BCUT2D eigenvalue weighted by molar-refractivity contribution is 7.92. The highest BCUT2D eigenvalue weighted by Crippen LogP contribution is 2.31. The van der Waals surface area contributed by atoms with Crippen LogP contribution in [0.1, 0.15) is 23.2 Å². The number of ether oxygens (including phenoxy) is 1. The number of nitrogens with one attached hydrogen (secondary N) is 1. The fourth-order valence-corrected chi connectivity index (χ4v) is 6.72. The first-order chi connectivity index (χ1) is 19.7. The van der Waals surface area contributed by atoms with Crippen LogP contribution < -0.4 is 9.46 Å².